The lowest BCUT2D eigenvalue weighted by Gasteiger charge is -2.49. The van der Waals surface area contributed by atoms with Crippen LogP contribution >= 0.6 is 34.8 Å². The van der Waals surface area contributed by atoms with Crippen molar-refractivity contribution in [2.45, 2.75) is 29.1 Å². The van der Waals surface area contributed by atoms with Crippen LogP contribution in [-0.2, 0) is 14.4 Å². The van der Waals surface area contributed by atoms with Crippen molar-refractivity contribution in [1.82, 2.24) is 29.2 Å². The molecule has 16 heteroatoms. The summed E-state index contributed by atoms with van der Waals surface area (Å²) < 4.78 is 8.25. The van der Waals surface area contributed by atoms with E-state index in [-0.39, 0.29) is 16.7 Å². The first-order valence-corrected chi connectivity index (χ1v) is 10.6. The molecule has 0 radical (unpaired) electrons. The van der Waals surface area contributed by atoms with Gasteiger partial charge in [0.2, 0.25) is 11.5 Å². The number of carbonyl (C=O) groups excluding carboxylic acids is 2. The Labute approximate surface area is 180 Å². The van der Waals surface area contributed by atoms with E-state index in [0.29, 0.717) is 22.0 Å². The van der Waals surface area contributed by atoms with Gasteiger partial charge in [-0.15, -0.1) is 5.10 Å². The number of anilines is 1. The summed E-state index contributed by atoms with van der Waals surface area (Å²) >= 11 is 3.14. The fourth-order valence-corrected chi connectivity index (χ4v) is 5.28. The number of carboxylic acids is 1. The summed E-state index contributed by atoms with van der Waals surface area (Å²) in [5.41, 5.74) is 4.86. The third-order valence-electron chi connectivity index (χ3n) is 4.41. The molecule has 0 bridgehead atoms. The SMILES string of the molecule is Nc1nc(/C(=N/O)C(=O)NC2C(=O)N3C(C(=O)O)=C(Sc4cnns4)CCC23)ns1. The second kappa shape index (κ2) is 7.96. The molecule has 0 aliphatic carbocycles. The predicted molar refractivity (Wildman–Crippen MR) is 105 cm³/mol. The Balaban J connectivity index is 1.52. The molecule has 13 nitrogen and oxygen atoms in total. The number of allylic oxidation sites excluding steroid dienone is 1. The van der Waals surface area contributed by atoms with Crippen LogP contribution in [0.3, 0.4) is 0 Å². The highest BCUT2D eigenvalue weighted by Gasteiger charge is 2.54. The van der Waals surface area contributed by atoms with Crippen LogP contribution in [0.4, 0.5) is 5.13 Å². The van der Waals surface area contributed by atoms with Crippen LogP contribution in [0.5, 0.6) is 0 Å². The number of aromatic nitrogens is 4. The van der Waals surface area contributed by atoms with Gasteiger partial charge in [-0.25, -0.2) is 4.79 Å². The third kappa shape index (κ3) is 3.48. The van der Waals surface area contributed by atoms with Crippen LogP contribution in [0.1, 0.15) is 18.7 Å². The predicted octanol–water partition coefficient (Wildman–Crippen LogP) is -0.272. The number of β-lactam (4-membered cyclic amide) rings is 1. The number of carboxylic acid groups (broad SMARTS) is 1. The summed E-state index contributed by atoms with van der Waals surface area (Å²) in [6, 6.07) is -1.50. The summed E-state index contributed by atoms with van der Waals surface area (Å²) in [6.45, 7) is 0. The van der Waals surface area contributed by atoms with Gasteiger partial charge in [-0.2, -0.15) is 9.36 Å². The molecule has 156 valence electrons. The van der Waals surface area contributed by atoms with Crippen LogP contribution < -0.4 is 11.1 Å². The van der Waals surface area contributed by atoms with E-state index in [1.54, 1.807) is 0 Å². The van der Waals surface area contributed by atoms with Crippen LogP contribution in [0.2, 0.25) is 0 Å². The number of amides is 2. The van der Waals surface area contributed by atoms with E-state index in [1.807, 2.05) is 0 Å². The van der Waals surface area contributed by atoms with E-state index in [2.05, 4.69) is 29.4 Å². The fourth-order valence-electron chi connectivity index (χ4n) is 3.19. The van der Waals surface area contributed by atoms with Gasteiger partial charge in [0.25, 0.3) is 11.8 Å². The minimum Gasteiger partial charge on any atom is -0.477 e. The van der Waals surface area contributed by atoms with Crippen molar-refractivity contribution >= 4 is 63.5 Å². The minimum absolute atomic E-state index is 0.0783. The molecule has 2 aliphatic rings. The van der Waals surface area contributed by atoms with Crippen LogP contribution in [0.15, 0.2) is 26.2 Å². The van der Waals surface area contributed by atoms with Gasteiger partial charge in [-0.3, -0.25) is 14.5 Å². The molecular weight excluding hydrogens is 456 g/mol. The second-order valence-electron chi connectivity index (χ2n) is 6.09. The van der Waals surface area contributed by atoms with E-state index < -0.39 is 35.6 Å². The normalized spacial score (nSPS) is 21.3. The minimum atomic E-state index is -1.24. The van der Waals surface area contributed by atoms with Crippen molar-refractivity contribution < 1.29 is 24.7 Å². The van der Waals surface area contributed by atoms with Gasteiger partial charge in [0.05, 0.1) is 12.2 Å². The van der Waals surface area contributed by atoms with E-state index in [4.69, 9.17) is 10.9 Å². The first kappa shape index (κ1) is 20.2. The molecule has 1 saturated heterocycles. The fraction of sp³-hybridized carbons (Fsp3) is 0.286. The average molecular weight is 469 g/mol. The van der Waals surface area contributed by atoms with Crippen LogP contribution in [0, 0.1) is 0 Å². The van der Waals surface area contributed by atoms with Gasteiger partial charge in [0, 0.05) is 16.4 Å². The number of nitrogens with zero attached hydrogens (tertiary/aromatic N) is 6. The van der Waals surface area contributed by atoms with Gasteiger partial charge >= 0.3 is 5.97 Å². The number of oxime groups is 1. The molecule has 30 heavy (non-hydrogen) atoms. The number of rotatable bonds is 6. The van der Waals surface area contributed by atoms with Gasteiger partial charge in [-0.1, -0.05) is 21.4 Å². The molecule has 2 aliphatic heterocycles. The van der Waals surface area contributed by atoms with Gasteiger partial charge in [0.15, 0.2) is 5.13 Å². The van der Waals surface area contributed by atoms with Crippen LogP contribution in [-0.4, -0.2) is 69.7 Å². The molecule has 2 unspecified atom stereocenters. The van der Waals surface area contributed by atoms with E-state index in [0.717, 1.165) is 23.1 Å². The maximum absolute atomic E-state index is 12.7. The zero-order chi connectivity index (χ0) is 21.4. The summed E-state index contributed by atoms with van der Waals surface area (Å²) in [5.74, 6) is -2.86. The summed E-state index contributed by atoms with van der Waals surface area (Å²) in [5, 5.41) is 28.0. The second-order valence-corrected chi connectivity index (χ2v) is 9.05. The molecule has 0 spiro atoms. The number of nitrogen functional groups attached to an aromatic ring is 1. The molecule has 2 aromatic rings. The van der Waals surface area contributed by atoms with E-state index >= 15 is 0 Å². The van der Waals surface area contributed by atoms with Crippen molar-refractivity contribution in [1.29, 1.82) is 0 Å². The number of nitrogens with one attached hydrogen (secondary N) is 1. The zero-order valence-corrected chi connectivity index (χ0v) is 17.2. The largest absolute Gasteiger partial charge is 0.477 e. The summed E-state index contributed by atoms with van der Waals surface area (Å²) in [4.78, 5) is 42.4. The Bertz CT molecular complexity index is 1080. The Morgan fingerprint density at radius 1 is 1.40 bits per heavy atom. The molecular formula is C14H12N8O5S3. The average Bonchev–Trinajstić information content (AvgIpc) is 3.38. The summed E-state index contributed by atoms with van der Waals surface area (Å²) in [6.07, 6.45) is 2.36. The summed E-state index contributed by atoms with van der Waals surface area (Å²) in [7, 11) is 0. The van der Waals surface area contributed by atoms with E-state index in [9.17, 15) is 19.5 Å². The molecule has 4 rings (SSSR count). The number of nitrogens with two attached hydrogens (primary N) is 1. The van der Waals surface area contributed by atoms with Crippen molar-refractivity contribution in [3.8, 4) is 0 Å². The Kier molecular flexibility index (Phi) is 5.35. The number of carbonyl (C=O) groups is 3. The standard InChI is InChI=1S/C14H12N8O5S3/c15-14-18-10(20-30-14)8(19-27)11(23)17-7-4-1-2-5(28-6-3-16-21-29-6)9(13(25)26)22(4)12(7)24/h3-4,7,27H,1-2H2,(H,17,23)(H,25,26)(H2,15,18,20)/b19-8-. The van der Waals surface area contributed by atoms with Gasteiger partial charge in [-0.05, 0) is 24.4 Å². The highest BCUT2D eigenvalue weighted by Crippen LogP contribution is 2.43. The quantitative estimate of drug-likeness (QED) is 0.188. The van der Waals surface area contributed by atoms with Crippen molar-refractivity contribution in [3.05, 3.63) is 22.6 Å². The van der Waals surface area contributed by atoms with Crippen molar-refractivity contribution in [2.75, 3.05) is 5.73 Å². The smallest absolute Gasteiger partial charge is 0.353 e. The first-order chi connectivity index (χ1) is 14.4. The monoisotopic (exact) mass is 468 g/mol. The topological polar surface area (TPSA) is 197 Å². The van der Waals surface area contributed by atoms with Gasteiger partial charge in [0.1, 0.15) is 15.9 Å². The number of fused-ring (bicyclic) bond motifs is 1. The van der Waals surface area contributed by atoms with Crippen LogP contribution in [0.25, 0.3) is 0 Å². The Morgan fingerprint density at radius 3 is 2.80 bits per heavy atom. The zero-order valence-electron chi connectivity index (χ0n) is 14.8. The maximum Gasteiger partial charge on any atom is 0.353 e. The van der Waals surface area contributed by atoms with Gasteiger partial charge < -0.3 is 21.4 Å². The number of thioether (sulfide) groups is 1. The lowest BCUT2D eigenvalue weighted by atomic mass is 9.86. The third-order valence-corrected chi connectivity index (χ3v) is 6.84. The molecule has 0 saturated carbocycles. The lowest BCUT2D eigenvalue weighted by Crippen LogP contribution is -2.72. The number of hydrogen-bond donors (Lipinski definition) is 4. The number of aliphatic carboxylic acids is 1. The molecule has 1 fully saturated rings. The maximum atomic E-state index is 12.7. The molecule has 2 amide bonds. The molecule has 5 N–H and O–H groups in total. The number of hydrogen-bond acceptors (Lipinski definition) is 13. The Hall–Kier alpha value is -3.11. The van der Waals surface area contributed by atoms with E-state index in [1.165, 1.54) is 22.9 Å². The molecule has 2 aromatic heterocycles. The molecule has 0 aromatic carbocycles. The first-order valence-electron chi connectivity index (χ1n) is 8.28. The van der Waals surface area contributed by atoms with Crippen molar-refractivity contribution in [2.24, 2.45) is 5.16 Å². The Morgan fingerprint density at radius 2 is 2.20 bits per heavy atom. The highest BCUT2D eigenvalue weighted by molar-refractivity contribution is 8.04. The highest BCUT2D eigenvalue weighted by atomic mass is 32.2. The lowest BCUT2D eigenvalue weighted by molar-refractivity contribution is -0.155. The molecule has 2 atom stereocenters. The van der Waals surface area contributed by atoms with Crippen molar-refractivity contribution in [3.63, 3.8) is 0 Å². The molecule has 4 heterocycles.